The van der Waals surface area contributed by atoms with Crippen LogP contribution in [0.25, 0.3) is 0 Å². The van der Waals surface area contributed by atoms with Crippen LogP contribution in [0.1, 0.15) is 41.6 Å². The monoisotopic (exact) mass is 277 g/mol. The van der Waals surface area contributed by atoms with E-state index in [1.54, 1.807) is 25.1 Å². The highest BCUT2D eigenvalue weighted by Gasteiger charge is 2.39. The summed E-state index contributed by atoms with van der Waals surface area (Å²) in [4.78, 5) is 22.9. The molecular formula is C15H19NO4. The van der Waals surface area contributed by atoms with Gasteiger partial charge in [-0.1, -0.05) is 18.6 Å². The maximum Gasteiger partial charge on any atom is 0.303 e. The molecule has 0 aromatic heterocycles. The van der Waals surface area contributed by atoms with Crippen molar-refractivity contribution in [2.75, 3.05) is 6.54 Å². The molecule has 0 bridgehead atoms. The molecule has 0 spiro atoms. The van der Waals surface area contributed by atoms with Crippen molar-refractivity contribution in [2.45, 2.75) is 32.6 Å². The first kappa shape index (κ1) is 14.4. The van der Waals surface area contributed by atoms with E-state index in [2.05, 4.69) is 5.32 Å². The third-order valence-corrected chi connectivity index (χ3v) is 4.05. The van der Waals surface area contributed by atoms with Gasteiger partial charge in [0.05, 0.1) is 12.0 Å². The molecule has 1 saturated carbocycles. The maximum atomic E-state index is 12.1. The molecule has 1 aromatic carbocycles. The fraction of sp³-hybridized carbons (Fsp3) is 0.467. The molecule has 0 unspecified atom stereocenters. The van der Waals surface area contributed by atoms with Crippen molar-refractivity contribution in [2.24, 2.45) is 5.41 Å². The van der Waals surface area contributed by atoms with Crippen LogP contribution in [0.5, 0.6) is 5.75 Å². The normalized spacial score (nSPS) is 16.2. The number of amides is 1. The number of carboxylic acids is 1. The van der Waals surface area contributed by atoms with Gasteiger partial charge in [0.15, 0.2) is 0 Å². The highest BCUT2D eigenvalue weighted by atomic mass is 16.4. The highest BCUT2D eigenvalue weighted by Crippen LogP contribution is 2.43. The zero-order valence-electron chi connectivity index (χ0n) is 11.5. The Bertz CT molecular complexity index is 535. The third kappa shape index (κ3) is 2.92. The lowest BCUT2D eigenvalue weighted by Gasteiger charge is -2.40. The second-order valence-electron chi connectivity index (χ2n) is 5.58. The second-order valence-corrected chi connectivity index (χ2v) is 5.58. The number of phenols is 1. The van der Waals surface area contributed by atoms with Crippen LogP contribution in [-0.4, -0.2) is 28.6 Å². The Labute approximate surface area is 117 Å². The van der Waals surface area contributed by atoms with Gasteiger partial charge in [0, 0.05) is 6.54 Å². The number of rotatable bonds is 5. The molecule has 5 nitrogen and oxygen atoms in total. The number of benzene rings is 1. The van der Waals surface area contributed by atoms with E-state index < -0.39 is 5.97 Å². The minimum Gasteiger partial charge on any atom is -0.507 e. The van der Waals surface area contributed by atoms with Crippen LogP contribution in [0, 0.1) is 12.3 Å². The summed E-state index contributed by atoms with van der Waals surface area (Å²) in [6, 6.07) is 4.99. The number of carboxylic acid groups (broad SMARTS) is 1. The van der Waals surface area contributed by atoms with Crippen molar-refractivity contribution in [3.8, 4) is 5.75 Å². The molecule has 1 amide bonds. The summed E-state index contributed by atoms with van der Waals surface area (Å²) >= 11 is 0. The Hall–Kier alpha value is -2.04. The van der Waals surface area contributed by atoms with Gasteiger partial charge in [-0.3, -0.25) is 9.59 Å². The molecular weight excluding hydrogens is 258 g/mol. The topological polar surface area (TPSA) is 86.6 Å². The number of aryl methyl sites for hydroxylation is 1. The Morgan fingerprint density at radius 1 is 1.35 bits per heavy atom. The lowest BCUT2D eigenvalue weighted by atomic mass is 9.66. The van der Waals surface area contributed by atoms with Crippen molar-refractivity contribution >= 4 is 11.9 Å². The molecule has 1 aliphatic rings. The van der Waals surface area contributed by atoms with Crippen LogP contribution in [0.15, 0.2) is 18.2 Å². The van der Waals surface area contributed by atoms with E-state index in [9.17, 15) is 14.7 Å². The fourth-order valence-corrected chi connectivity index (χ4v) is 2.62. The summed E-state index contributed by atoms with van der Waals surface area (Å²) < 4.78 is 0. The lowest BCUT2D eigenvalue weighted by Crippen LogP contribution is -2.43. The molecule has 0 saturated heterocycles. The van der Waals surface area contributed by atoms with Crippen molar-refractivity contribution in [3.63, 3.8) is 0 Å². The molecule has 5 heteroatoms. The highest BCUT2D eigenvalue weighted by molar-refractivity contribution is 5.97. The predicted molar refractivity (Wildman–Crippen MR) is 73.7 cm³/mol. The van der Waals surface area contributed by atoms with Crippen molar-refractivity contribution < 1.29 is 19.8 Å². The number of para-hydroxylation sites is 1. The number of carbonyl (C=O) groups is 2. The zero-order chi connectivity index (χ0) is 14.8. The molecule has 20 heavy (non-hydrogen) atoms. The van der Waals surface area contributed by atoms with E-state index in [0.29, 0.717) is 12.1 Å². The predicted octanol–water partition coefficient (Wildman–Crippen LogP) is 2.08. The molecule has 0 radical (unpaired) electrons. The standard InChI is InChI=1S/C15H19NO4/c1-10-4-2-5-11(13(10)19)14(20)16-9-15(6-3-7-15)8-12(17)18/h2,4-5,19H,3,6-9H2,1H3,(H,16,20)(H,17,18). The first-order valence-corrected chi connectivity index (χ1v) is 6.72. The third-order valence-electron chi connectivity index (χ3n) is 4.05. The number of nitrogens with one attached hydrogen (secondary N) is 1. The van der Waals surface area contributed by atoms with Crippen LogP contribution < -0.4 is 5.32 Å². The number of hydrogen-bond acceptors (Lipinski definition) is 3. The van der Waals surface area contributed by atoms with Gasteiger partial charge >= 0.3 is 5.97 Å². The Kier molecular flexibility index (Phi) is 3.97. The van der Waals surface area contributed by atoms with E-state index in [-0.39, 0.29) is 29.1 Å². The first-order valence-electron chi connectivity index (χ1n) is 6.72. The number of carbonyl (C=O) groups excluding carboxylic acids is 1. The zero-order valence-corrected chi connectivity index (χ0v) is 11.5. The van der Waals surface area contributed by atoms with Crippen LogP contribution in [0.3, 0.4) is 0 Å². The number of aliphatic carboxylic acids is 1. The van der Waals surface area contributed by atoms with E-state index in [1.807, 2.05) is 0 Å². The van der Waals surface area contributed by atoms with Gasteiger partial charge in [-0.2, -0.15) is 0 Å². The van der Waals surface area contributed by atoms with Crippen molar-refractivity contribution in [1.82, 2.24) is 5.32 Å². The summed E-state index contributed by atoms with van der Waals surface area (Å²) in [5.74, 6) is -1.22. The van der Waals surface area contributed by atoms with Crippen LogP contribution >= 0.6 is 0 Å². The quantitative estimate of drug-likeness (QED) is 0.769. The summed E-state index contributed by atoms with van der Waals surface area (Å²) in [6.07, 6.45) is 2.71. The van der Waals surface area contributed by atoms with Gasteiger partial charge in [-0.15, -0.1) is 0 Å². The van der Waals surface area contributed by atoms with Crippen LogP contribution in [-0.2, 0) is 4.79 Å². The van der Waals surface area contributed by atoms with Gasteiger partial charge < -0.3 is 15.5 Å². The van der Waals surface area contributed by atoms with Crippen molar-refractivity contribution in [3.05, 3.63) is 29.3 Å². The van der Waals surface area contributed by atoms with Gasteiger partial charge in [0.25, 0.3) is 5.91 Å². The molecule has 1 fully saturated rings. The Balaban J connectivity index is 2.01. The lowest BCUT2D eigenvalue weighted by molar-refractivity contribution is -0.141. The molecule has 108 valence electrons. The molecule has 0 aliphatic heterocycles. The SMILES string of the molecule is Cc1cccc(C(=O)NCC2(CC(=O)O)CCC2)c1O. The van der Waals surface area contributed by atoms with E-state index in [1.165, 1.54) is 0 Å². The van der Waals surface area contributed by atoms with Crippen LogP contribution in [0.2, 0.25) is 0 Å². The average molecular weight is 277 g/mol. The largest absolute Gasteiger partial charge is 0.507 e. The molecule has 2 rings (SSSR count). The van der Waals surface area contributed by atoms with E-state index in [0.717, 1.165) is 19.3 Å². The fourth-order valence-electron chi connectivity index (χ4n) is 2.62. The van der Waals surface area contributed by atoms with Gasteiger partial charge in [-0.25, -0.2) is 0 Å². The number of phenolic OH excluding ortho intramolecular Hbond substituents is 1. The Morgan fingerprint density at radius 2 is 2.05 bits per heavy atom. The minimum absolute atomic E-state index is 0.0223. The average Bonchev–Trinajstić information content (AvgIpc) is 2.35. The van der Waals surface area contributed by atoms with Crippen molar-refractivity contribution in [1.29, 1.82) is 0 Å². The maximum absolute atomic E-state index is 12.1. The summed E-state index contributed by atoms with van der Waals surface area (Å²) in [5.41, 5.74) is 0.553. The second kappa shape index (κ2) is 5.53. The molecule has 1 aromatic rings. The molecule has 3 N–H and O–H groups in total. The number of hydrogen-bond donors (Lipinski definition) is 3. The molecule has 1 aliphatic carbocycles. The number of aromatic hydroxyl groups is 1. The molecule has 0 atom stereocenters. The summed E-state index contributed by atoms with van der Waals surface area (Å²) in [6.45, 7) is 2.06. The van der Waals surface area contributed by atoms with Gasteiger partial charge in [0.1, 0.15) is 5.75 Å². The van der Waals surface area contributed by atoms with Gasteiger partial charge in [0.2, 0.25) is 0 Å². The van der Waals surface area contributed by atoms with Gasteiger partial charge in [-0.05, 0) is 36.8 Å². The van der Waals surface area contributed by atoms with E-state index >= 15 is 0 Å². The van der Waals surface area contributed by atoms with E-state index in [4.69, 9.17) is 5.11 Å². The molecule has 0 heterocycles. The minimum atomic E-state index is -0.836. The first-order chi connectivity index (χ1) is 9.43. The smallest absolute Gasteiger partial charge is 0.303 e. The van der Waals surface area contributed by atoms with Crippen LogP contribution in [0.4, 0.5) is 0 Å². The summed E-state index contributed by atoms with van der Waals surface area (Å²) in [7, 11) is 0. The summed E-state index contributed by atoms with van der Waals surface area (Å²) in [5, 5.41) is 21.5. The Morgan fingerprint density at radius 3 is 2.60 bits per heavy atom.